The quantitative estimate of drug-likeness (QED) is 0.542. The Hall–Kier alpha value is -2.06. The number of carboxylic acids is 1. The molecule has 0 heterocycles. The van der Waals surface area contributed by atoms with Gasteiger partial charge in [0.05, 0.1) is 24.5 Å². The van der Waals surface area contributed by atoms with Gasteiger partial charge in [-0.2, -0.15) is 0 Å². The topological polar surface area (TPSA) is 102 Å². The molecule has 0 aliphatic rings. The molecule has 1 N–H and O–H groups in total. The monoisotopic (exact) mass is 334 g/mol. The van der Waals surface area contributed by atoms with Crippen LogP contribution in [0.15, 0.2) is 18.2 Å². The van der Waals surface area contributed by atoms with Gasteiger partial charge < -0.3 is 19.5 Å². The van der Waals surface area contributed by atoms with Crippen molar-refractivity contribution in [2.45, 2.75) is 6.42 Å². The maximum atomic E-state index is 11.0. The number of rotatable bonds is 9. The first kappa shape index (κ1) is 19.9. The van der Waals surface area contributed by atoms with E-state index in [0.717, 1.165) is 0 Å². The summed E-state index contributed by atoms with van der Waals surface area (Å²) in [4.78, 5) is 22.6. The summed E-state index contributed by atoms with van der Waals surface area (Å²) in [6.45, 7) is 1.09. The second kappa shape index (κ2) is 9.80. The lowest BCUT2D eigenvalue weighted by Gasteiger charge is -2.15. The molecule has 1 aromatic rings. The highest BCUT2D eigenvalue weighted by Gasteiger charge is 2.16. The smallest absolute Gasteiger partial charge is 0.314 e. The van der Waals surface area contributed by atoms with E-state index in [1.807, 2.05) is 0 Å². The van der Waals surface area contributed by atoms with Crippen LogP contribution in [0.2, 0.25) is 0 Å². The highest BCUT2D eigenvalue weighted by molar-refractivity contribution is 5.85. The molecule has 22 heavy (non-hydrogen) atoms. The van der Waals surface area contributed by atoms with Crippen molar-refractivity contribution < 1.29 is 24.3 Å². The third kappa shape index (κ3) is 6.59. The van der Waals surface area contributed by atoms with Crippen LogP contribution in [0.25, 0.3) is 0 Å². The standard InChI is InChI=1S/C13H18N2O6.ClH/c1-14(6-5-13(16)17)7-8-21-12-4-3-10(20-2)9-11(12)15(18)19;/h3-4,9H,5-8H2,1-2H3,(H,16,17);1H. The number of hydrogen-bond donors (Lipinski definition) is 1. The molecule has 0 fully saturated rings. The van der Waals surface area contributed by atoms with Gasteiger partial charge in [0.15, 0.2) is 5.75 Å². The van der Waals surface area contributed by atoms with E-state index in [0.29, 0.717) is 18.8 Å². The van der Waals surface area contributed by atoms with E-state index < -0.39 is 10.9 Å². The van der Waals surface area contributed by atoms with E-state index in [1.165, 1.54) is 19.2 Å². The summed E-state index contributed by atoms with van der Waals surface area (Å²) >= 11 is 0. The van der Waals surface area contributed by atoms with Crippen LogP contribution in [-0.2, 0) is 4.79 Å². The van der Waals surface area contributed by atoms with Crippen LogP contribution in [0.5, 0.6) is 11.5 Å². The normalized spacial score (nSPS) is 9.95. The minimum absolute atomic E-state index is 0. The molecule has 0 aliphatic carbocycles. The Bertz CT molecular complexity index is 511. The maximum Gasteiger partial charge on any atom is 0.314 e. The van der Waals surface area contributed by atoms with E-state index in [9.17, 15) is 14.9 Å². The first-order chi connectivity index (χ1) is 9.93. The molecule has 124 valence electrons. The van der Waals surface area contributed by atoms with Gasteiger partial charge in [-0.1, -0.05) is 0 Å². The number of benzene rings is 1. The molecule has 8 nitrogen and oxygen atoms in total. The molecule has 0 bridgehead atoms. The zero-order chi connectivity index (χ0) is 15.8. The van der Waals surface area contributed by atoms with Gasteiger partial charge in [-0.3, -0.25) is 14.9 Å². The lowest BCUT2D eigenvalue weighted by molar-refractivity contribution is -0.385. The van der Waals surface area contributed by atoms with Gasteiger partial charge in [-0.15, -0.1) is 12.4 Å². The number of nitro benzene ring substituents is 1. The highest BCUT2D eigenvalue weighted by atomic mass is 35.5. The van der Waals surface area contributed by atoms with Crippen LogP contribution >= 0.6 is 12.4 Å². The molecule has 0 radical (unpaired) electrons. The first-order valence-electron chi connectivity index (χ1n) is 6.29. The molecule has 0 aromatic heterocycles. The number of hydrogen-bond acceptors (Lipinski definition) is 6. The molecule has 0 spiro atoms. The molecule has 0 aliphatic heterocycles. The van der Waals surface area contributed by atoms with Crippen LogP contribution in [0.3, 0.4) is 0 Å². The van der Waals surface area contributed by atoms with Crippen molar-refractivity contribution >= 4 is 24.1 Å². The van der Waals surface area contributed by atoms with Crippen molar-refractivity contribution in [3.8, 4) is 11.5 Å². The zero-order valence-corrected chi connectivity index (χ0v) is 13.2. The van der Waals surface area contributed by atoms with Gasteiger partial charge >= 0.3 is 11.7 Å². The highest BCUT2D eigenvalue weighted by Crippen LogP contribution is 2.30. The number of likely N-dealkylation sites (N-methyl/N-ethyl adjacent to an activating group) is 1. The summed E-state index contributed by atoms with van der Waals surface area (Å²) in [6, 6.07) is 4.36. The van der Waals surface area contributed by atoms with E-state index in [2.05, 4.69) is 0 Å². The van der Waals surface area contributed by atoms with Crippen LogP contribution in [0, 0.1) is 10.1 Å². The second-order valence-electron chi connectivity index (χ2n) is 4.39. The minimum atomic E-state index is -0.867. The molecular formula is C13H19ClN2O6. The first-order valence-corrected chi connectivity index (χ1v) is 6.29. The lowest BCUT2D eigenvalue weighted by Crippen LogP contribution is -2.26. The largest absolute Gasteiger partial charge is 0.496 e. The molecule has 9 heteroatoms. The Morgan fingerprint density at radius 1 is 1.41 bits per heavy atom. The van der Waals surface area contributed by atoms with Crippen LogP contribution in [-0.4, -0.2) is 54.8 Å². The van der Waals surface area contributed by atoms with Gasteiger partial charge in [0.25, 0.3) is 0 Å². The molecule has 1 aromatic carbocycles. The average molecular weight is 335 g/mol. The number of carboxylic acid groups (broad SMARTS) is 1. The van der Waals surface area contributed by atoms with Crippen molar-refractivity contribution in [1.82, 2.24) is 4.90 Å². The summed E-state index contributed by atoms with van der Waals surface area (Å²) in [5.74, 6) is -0.325. The summed E-state index contributed by atoms with van der Waals surface area (Å²) in [5.41, 5.74) is -0.164. The number of nitrogens with zero attached hydrogens (tertiary/aromatic N) is 2. The van der Waals surface area contributed by atoms with Gasteiger partial charge in [-0.05, 0) is 19.2 Å². The van der Waals surface area contributed by atoms with Crippen LogP contribution in [0.1, 0.15) is 6.42 Å². The molecule has 0 atom stereocenters. The van der Waals surface area contributed by atoms with Crippen molar-refractivity contribution in [3.05, 3.63) is 28.3 Å². The maximum absolute atomic E-state index is 11.0. The third-order valence-corrected chi connectivity index (χ3v) is 2.80. The number of methoxy groups -OCH3 is 1. The fraction of sp³-hybridized carbons (Fsp3) is 0.462. The molecule has 0 saturated carbocycles. The summed E-state index contributed by atoms with van der Waals surface area (Å²) < 4.78 is 10.3. The number of halogens is 1. The van der Waals surface area contributed by atoms with E-state index in [1.54, 1.807) is 18.0 Å². The molecule has 0 saturated heterocycles. The molecule has 0 unspecified atom stereocenters. The Labute approximate surface area is 134 Å². The third-order valence-electron chi connectivity index (χ3n) is 2.80. The van der Waals surface area contributed by atoms with Crippen molar-refractivity contribution in [2.75, 3.05) is 33.9 Å². The van der Waals surface area contributed by atoms with Gasteiger partial charge in [0.2, 0.25) is 0 Å². The van der Waals surface area contributed by atoms with E-state index in [4.69, 9.17) is 14.6 Å². The van der Waals surface area contributed by atoms with E-state index >= 15 is 0 Å². The number of aliphatic carboxylic acids is 1. The number of carbonyl (C=O) groups is 1. The zero-order valence-electron chi connectivity index (χ0n) is 12.4. The molecular weight excluding hydrogens is 316 g/mol. The summed E-state index contributed by atoms with van der Waals surface area (Å²) in [5, 5.41) is 19.5. The van der Waals surface area contributed by atoms with Gasteiger partial charge in [-0.25, -0.2) is 0 Å². The Balaban J connectivity index is 0.00000441. The average Bonchev–Trinajstić information content (AvgIpc) is 2.45. The number of nitro groups is 1. The fourth-order valence-electron chi connectivity index (χ4n) is 1.60. The van der Waals surface area contributed by atoms with Crippen molar-refractivity contribution in [3.63, 3.8) is 0 Å². The Morgan fingerprint density at radius 3 is 2.64 bits per heavy atom. The van der Waals surface area contributed by atoms with Gasteiger partial charge in [0, 0.05) is 13.1 Å². The predicted octanol–water partition coefficient (Wildman–Crippen LogP) is 1.81. The fourth-order valence-corrected chi connectivity index (χ4v) is 1.60. The summed E-state index contributed by atoms with van der Waals surface area (Å²) in [6.07, 6.45) is 0.0409. The van der Waals surface area contributed by atoms with Crippen molar-refractivity contribution in [2.24, 2.45) is 0 Å². The molecule has 1 rings (SSSR count). The molecule has 0 amide bonds. The summed E-state index contributed by atoms with van der Waals surface area (Å²) in [7, 11) is 3.19. The van der Waals surface area contributed by atoms with E-state index in [-0.39, 0.29) is 36.9 Å². The Kier molecular flexibility index (Phi) is 8.88. The van der Waals surface area contributed by atoms with Crippen molar-refractivity contribution in [1.29, 1.82) is 0 Å². The SMILES string of the molecule is COc1ccc(OCCN(C)CCC(=O)O)c([N+](=O)[O-])c1.Cl. The number of ether oxygens (including phenoxy) is 2. The Morgan fingerprint density at radius 2 is 2.09 bits per heavy atom. The van der Waals surface area contributed by atoms with Crippen LogP contribution < -0.4 is 9.47 Å². The lowest BCUT2D eigenvalue weighted by atomic mass is 10.3. The van der Waals surface area contributed by atoms with Gasteiger partial charge in [0.1, 0.15) is 12.4 Å². The predicted molar refractivity (Wildman–Crippen MR) is 82.1 cm³/mol. The minimum Gasteiger partial charge on any atom is -0.496 e. The second-order valence-corrected chi connectivity index (χ2v) is 4.39. The van der Waals surface area contributed by atoms with Crippen LogP contribution in [0.4, 0.5) is 5.69 Å².